The summed E-state index contributed by atoms with van der Waals surface area (Å²) in [6.07, 6.45) is 2.72. The van der Waals surface area contributed by atoms with Gasteiger partial charge in [0.2, 0.25) is 0 Å². The number of rotatable bonds is 7. The second-order valence-electron chi connectivity index (χ2n) is 8.71. The molecule has 1 heterocycles. The molecule has 0 bridgehead atoms. The van der Waals surface area contributed by atoms with Crippen molar-refractivity contribution in [3.05, 3.63) is 72.2 Å². The normalized spacial score (nSPS) is 19.3. The summed E-state index contributed by atoms with van der Waals surface area (Å²) in [5.74, 6) is -0.319. The quantitative estimate of drug-likeness (QED) is 0.563. The highest BCUT2D eigenvalue weighted by Crippen LogP contribution is 2.52. The molecule has 0 spiro atoms. The molecule has 29 heavy (non-hydrogen) atoms. The highest BCUT2D eigenvalue weighted by atomic mass is 19.1. The van der Waals surface area contributed by atoms with Crippen molar-refractivity contribution >= 4 is 16.6 Å². The van der Waals surface area contributed by atoms with Crippen molar-refractivity contribution in [3.8, 4) is 0 Å². The second-order valence-corrected chi connectivity index (χ2v) is 8.71. The van der Waals surface area contributed by atoms with Crippen LogP contribution in [0.1, 0.15) is 38.7 Å². The Labute approximate surface area is 169 Å². The Morgan fingerprint density at radius 1 is 1.07 bits per heavy atom. The van der Waals surface area contributed by atoms with Crippen molar-refractivity contribution in [2.24, 2.45) is 0 Å². The van der Waals surface area contributed by atoms with Crippen molar-refractivity contribution < 1.29 is 13.9 Å². The summed E-state index contributed by atoms with van der Waals surface area (Å²) in [5, 5.41) is 15.4. The number of benzene rings is 2. The number of para-hydroxylation sites is 1. The van der Waals surface area contributed by atoms with Gasteiger partial charge in [0.25, 0.3) is 0 Å². The van der Waals surface area contributed by atoms with E-state index < -0.39 is 16.7 Å². The van der Waals surface area contributed by atoms with Crippen LogP contribution in [0.25, 0.3) is 10.9 Å². The molecule has 2 unspecified atom stereocenters. The predicted molar refractivity (Wildman–Crippen MR) is 112 cm³/mol. The number of fused-ring (bicyclic) bond motifs is 1. The first-order valence-corrected chi connectivity index (χ1v) is 9.98. The molecule has 2 atom stereocenters. The number of alkyl halides is 1. The van der Waals surface area contributed by atoms with E-state index in [1.807, 2.05) is 37.3 Å². The maximum Gasteiger partial charge on any atom is 0.139 e. The van der Waals surface area contributed by atoms with E-state index in [0.717, 1.165) is 22.2 Å². The van der Waals surface area contributed by atoms with E-state index in [0.29, 0.717) is 19.4 Å². The van der Waals surface area contributed by atoms with Crippen LogP contribution in [0.3, 0.4) is 0 Å². The predicted octanol–water partition coefficient (Wildman–Crippen LogP) is 5.39. The zero-order valence-corrected chi connectivity index (χ0v) is 16.8. The van der Waals surface area contributed by atoms with Crippen LogP contribution < -0.4 is 5.32 Å². The minimum absolute atomic E-state index is 0.220. The molecular weight excluding hydrogens is 370 g/mol. The van der Waals surface area contributed by atoms with Gasteiger partial charge in [0, 0.05) is 29.2 Å². The van der Waals surface area contributed by atoms with Crippen molar-refractivity contribution in [2.45, 2.75) is 49.8 Å². The summed E-state index contributed by atoms with van der Waals surface area (Å²) in [6, 6.07) is 16.0. The Bertz CT molecular complexity index is 1010. The Hall–Kier alpha value is -2.53. The van der Waals surface area contributed by atoms with Crippen molar-refractivity contribution in [1.29, 1.82) is 0 Å². The Balaban J connectivity index is 1.65. The van der Waals surface area contributed by atoms with Crippen molar-refractivity contribution in [3.63, 3.8) is 0 Å². The summed E-state index contributed by atoms with van der Waals surface area (Å²) < 4.78 is 28.3. The molecule has 4 rings (SSSR count). The van der Waals surface area contributed by atoms with E-state index in [2.05, 4.69) is 10.3 Å². The van der Waals surface area contributed by atoms with Crippen LogP contribution in [0.4, 0.5) is 14.5 Å². The lowest BCUT2D eigenvalue weighted by molar-refractivity contribution is -0.0547. The topological polar surface area (TPSA) is 45.2 Å². The molecule has 0 aliphatic heterocycles. The van der Waals surface area contributed by atoms with Gasteiger partial charge in [-0.15, -0.1) is 0 Å². The monoisotopic (exact) mass is 396 g/mol. The maximum absolute atomic E-state index is 14.8. The summed E-state index contributed by atoms with van der Waals surface area (Å²) in [6.45, 7) is 4.01. The van der Waals surface area contributed by atoms with Crippen molar-refractivity contribution in [1.82, 2.24) is 4.98 Å². The van der Waals surface area contributed by atoms with E-state index >= 15 is 0 Å². The molecule has 0 saturated heterocycles. The fourth-order valence-electron chi connectivity index (χ4n) is 4.23. The minimum Gasteiger partial charge on any atom is -0.387 e. The van der Waals surface area contributed by atoms with E-state index in [1.165, 1.54) is 12.1 Å². The lowest BCUT2D eigenvalue weighted by Gasteiger charge is -2.39. The fraction of sp³-hybridized carbons (Fsp3) is 0.375. The van der Waals surface area contributed by atoms with E-state index in [1.54, 1.807) is 25.3 Å². The largest absolute Gasteiger partial charge is 0.387 e. The third-order valence-electron chi connectivity index (χ3n) is 6.25. The molecule has 0 amide bonds. The van der Waals surface area contributed by atoms with Gasteiger partial charge in [-0.25, -0.2) is 8.78 Å². The Morgan fingerprint density at radius 3 is 2.45 bits per heavy atom. The van der Waals surface area contributed by atoms with Gasteiger partial charge in [0.15, 0.2) is 0 Å². The van der Waals surface area contributed by atoms with E-state index in [9.17, 15) is 13.9 Å². The van der Waals surface area contributed by atoms with Gasteiger partial charge in [-0.2, -0.15) is 0 Å². The number of hydrogen-bond acceptors (Lipinski definition) is 3. The minimum atomic E-state index is -1.54. The number of hydrogen-bond donors (Lipinski definition) is 2. The lowest BCUT2D eigenvalue weighted by Crippen LogP contribution is -2.47. The van der Waals surface area contributed by atoms with Gasteiger partial charge in [-0.3, -0.25) is 4.98 Å². The molecule has 0 radical (unpaired) electrons. The summed E-state index contributed by atoms with van der Waals surface area (Å²) in [4.78, 5) is 4.38. The lowest BCUT2D eigenvalue weighted by atomic mass is 9.72. The third kappa shape index (κ3) is 3.84. The molecule has 1 aromatic heterocycles. The first kappa shape index (κ1) is 19.8. The highest BCUT2D eigenvalue weighted by Gasteiger charge is 2.59. The molecule has 1 aliphatic carbocycles. The van der Waals surface area contributed by atoms with Crippen LogP contribution in [0.5, 0.6) is 0 Å². The first-order valence-electron chi connectivity index (χ1n) is 9.98. The van der Waals surface area contributed by atoms with Gasteiger partial charge in [-0.05, 0) is 56.0 Å². The van der Waals surface area contributed by atoms with Crippen LogP contribution >= 0.6 is 0 Å². The van der Waals surface area contributed by atoms with Crippen LogP contribution in [0.2, 0.25) is 0 Å². The number of halogens is 2. The fourth-order valence-corrected chi connectivity index (χ4v) is 4.23. The van der Waals surface area contributed by atoms with E-state index in [4.69, 9.17) is 0 Å². The van der Waals surface area contributed by atoms with Crippen LogP contribution in [0, 0.1) is 5.82 Å². The molecular formula is C24H26F2N2O. The van der Waals surface area contributed by atoms with Crippen LogP contribution in [0.15, 0.2) is 60.8 Å². The molecule has 1 saturated carbocycles. The number of nitrogens with one attached hydrogen (secondary N) is 1. The number of anilines is 1. The zero-order chi connectivity index (χ0) is 20.7. The number of nitrogens with zero attached hydrogens (tertiary/aromatic N) is 1. The molecule has 2 N–H and O–H groups in total. The molecule has 3 aromatic rings. The Morgan fingerprint density at radius 2 is 1.76 bits per heavy atom. The van der Waals surface area contributed by atoms with E-state index in [-0.39, 0.29) is 12.2 Å². The average molecular weight is 396 g/mol. The maximum atomic E-state index is 14.8. The average Bonchev–Trinajstić information content (AvgIpc) is 3.46. The molecule has 1 aliphatic rings. The Kier molecular flexibility index (Phi) is 4.82. The van der Waals surface area contributed by atoms with Gasteiger partial charge in [0.1, 0.15) is 11.5 Å². The SMILES string of the molecule is CC(CNc1ccnc2ccccc12)(CC(C)(O)C1(F)CC1)c1ccc(F)cc1. The smallest absolute Gasteiger partial charge is 0.139 e. The molecule has 5 heteroatoms. The van der Waals surface area contributed by atoms with Gasteiger partial charge < -0.3 is 10.4 Å². The summed E-state index contributed by atoms with van der Waals surface area (Å²) >= 11 is 0. The van der Waals surface area contributed by atoms with Crippen molar-refractivity contribution in [2.75, 3.05) is 11.9 Å². The number of aliphatic hydroxyl groups is 1. The number of aromatic nitrogens is 1. The molecule has 3 nitrogen and oxygen atoms in total. The van der Waals surface area contributed by atoms with Crippen LogP contribution in [-0.4, -0.2) is 27.9 Å². The standard InChI is InChI=1S/C24H26F2N2O/c1-22(17-7-9-18(25)10-8-17,15-23(2,29)24(26)12-13-24)16-28-21-11-14-27-20-6-4-3-5-19(20)21/h3-11,14,29H,12-13,15-16H2,1-2H3,(H,27,28). The van der Waals surface area contributed by atoms with Gasteiger partial charge in [0.05, 0.1) is 11.1 Å². The second kappa shape index (κ2) is 7.06. The molecule has 152 valence electrons. The van der Waals surface area contributed by atoms with Gasteiger partial charge >= 0.3 is 0 Å². The summed E-state index contributed by atoms with van der Waals surface area (Å²) in [5.41, 5.74) is -0.952. The molecule has 2 aromatic carbocycles. The van der Waals surface area contributed by atoms with Crippen LogP contribution in [-0.2, 0) is 5.41 Å². The van der Waals surface area contributed by atoms with Gasteiger partial charge in [-0.1, -0.05) is 37.3 Å². The first-order chi connectivity index (χ1) is 13.7. The molecule has 1 fully saturated rings. The zero-order valence-electron chi connectivity index (χ0n) is 16.8. The third-order valence-corrected chi connectivity index (χ3v) is 6.25. The highest BCUT2D eigenvalue weighted by molar-refractivity contribution is 5.90. The summed E-state index contributed by atoms with van der Waals surface area (Å²) in [7, 11) is 0. The number of pyridine rings is 1.